The number of hydrogen-bond donors (Lipinski definition) is 0. The van der Waals surface area contributed by atoms with Crippen LogP contribution in [0.5, 0.6) is 5.75 Å². The number of carbonyl (C=O) groups excluding carboxylic acids is 1. The third-order valence-corrected chi connectivity index (χ3v) is 6.34. The summed E-state index contributed by atoms with van der Waals surface area (Å²) in [7, 11) is 1.58. The largest absolute Gasteiger partial charge is 0.489 e. The number of aromatic nitrogens is 6. The lowest BCUT2D eigenvalue weighted by molar-refractivity contribution is 0.0511. The highest BCUT2D eigenvalue weighted by molar-refractivity contribution is 5.91. The van der Waals surface area contributed by atoms with Crippen molar-refractivity contribution in [3.63, 3.8) is 0 Å². The third-order valence-electron chi connectivity index (χ3n) is 6.34. The van der Waals surface area contributed by atoms with E-state index in [0.29, 0.717) is 18.8 Å². The molecule has 1 aliphatic rings. The van der Waals surface area contributed by atoms with Gasteiger partial charge in [-0.3, -0.25) is 4.68 Å². The molecule has 1 aliphatic carbocycles. The summed E-state index contributed by atoms with van der Waals surface area (Å²) >= 11 is 0. The van der Waals surface area contributed by atoms with E-state index >= 15 is 0 Å². The summed E-state index contributed by atoms with van der Waals surface area (Å²) in [6.07, 6.45) is 4.88. The smallest absolute Gasteiger partial charge is 0.367 e. The van der Waals surface area contributed by atoms with Crippen molar-refractivity contribution in [1.82, 2.24) is 29.6 Å². The maximum Gasteiger partial charge on any atom is 0.367 e. The Kier molecular flexibility index (Phi) is 7.23. The molecule has 0 fully saturated rings. The molecule has 1 unspecified atom stereocenters. The number of allylic oxidation sites excluding steroid dienone is 2. The molecule has 0 radical (unpaired) electrons. The molecule has 10 nitrogen and oxygen atoms in total. The lowest BCUT2D eigenvalue weighted by Crippen LogP contribution is -2.27. The van der Waals surface area contributed by atoms with E-state index in [9.17, 15) is 9.59 Å². The van der Waals surface area contributed by atoms with Gasteiger partial charge in [-0.05, 0) is 68.3 Å². The number of tetrazole rings is 1. The van der Waals surface area contributed by atoms with Gasteiger partial charge < -0.3 is 9.47 Å². The Bertz CT molecular complexity index is 1410. The Hall–Kier alpha value is -3.95. The summed E-state index contributed by atoms with van der Waals surface area (Å²) in [5, 5.41) is 12.6. The Labute approximate surface area is 209 Å². The van der Waals surface area contributed by atoms with Crippen LogP contribution in [-0.2, 0) is 18.3 Å². The first-order valence-electron chi connectivity index (χ1n) is 12.1. The highest BCUT2D eigenvalue weighted by atomic mass is 16.5. The van der Waals surface area contributed by atoms with Crippen LogP contribution in [0.3, 0.4) is 0 Å². The molecule has 190 valence electrons. The number of aryl methyl sites for hydroxylation is 3. The van der Waals surface area contributed by atoms with Crippen molar-refractivity contribution in [2.75, 3.05) is 13.2 Å². The fourth-order valence-corrected chi connectivity index (χ4v) is 4.49. The van der Waals surface area contributed by atoms with Crippen molar-refractivity contribution >= 4 is 11.7 Å². The molecule has 0 amide bonds. The molecule has 10 heteroatoms. The Morgan fingerprint density at radius 2 is 1.97 bits per heavy atom. The molecule has 0 bridgehead atoms. The first-order valence-corrected chi connectivity index (χ1v) is 12.1. The van der Waals surface area contributed by atoms with Crippen LogP contribution >= 0.6 is 0 Å². The third kappa shape index (κ3) is 4.62. The van der Waals surface area contributed by atoms with E-state index < -0.39 is 0 Å². The normalized spacial score (nSPS) is 15.4. The minimum Gasteiger partial charge on any atom is -0.489 e. The zero-order valence-corrected chi connectivity index (χ0v) is 21.6. The molecule has 2 heterocycles. The van der Waals surface area contributed by atoms with Crippen molar-refractivity contribution in [3.8, 4) is 17.0 Å². The van der Waals surface area contributed by atoms with Crippen molar-refractivity contribution in [2.24, 2.45) is 13.0 Å². The molecule has 0 saturated carbocycles. The molecular weight excluding hydrogens is 460 g/mol. The van der Waals surface area contributed by atoms with E-state index in [1.807, 2.05) is 45.0 Å². The Morgan fingerprint density at radius 1 is 1.19 bits per heavy atom. The van der Waals surface area contributed by atoms with Crippen molar-refractivity contribution in [3.05, 3.63) is 63.2 Å². The van der Waals surface area contributed by atoms with Gasteiger partial charge in [0, 0.05) is 36.2 Å². The number of carbonyl (C=O) groups is 1. The SMILES string of the molecule is CCOC(=O)c1c(C)c(-c2ccc(OCC3=C(n4nnn(C)c4=O)C(C)CC=C3)c(C)c2)nn1CC. The van der Waals surface area contributed by atoms with E-state index in [2.05, 4.69) is 28.5 Å². The average Bonchev–Trinajstić information content (AvgIpc) is 3.37. The first kappa shape index (κ1) is 25.2. The van der Waals surface area contributed by atoms with Gasteiger partial charge in [-0.25, -0.2) is 9.59 Å². The van der Waals surface area contributed by atoms with Crippen LogP contribution < -0.4 is 10.4 Å². The number of ether oxygens (including phenoxy) is 2. The fourth-order valence-electron chi connectivity index (χ4n) is 4.49. The van der Waals surface area contributed by atoms with E-state index in [4.69, 9.17) is 9.47 Å². The predicted octanol–water partition coefficient (Wildman–Crippen LogP) is 3.54. The van der Waals surface area contributed by atoms with Gasteiger partial charge in [-0.1, -0.05) is 19.1 Å². The van der Waals surface area contributed by atoms with Crippen molar-refractivity contribution in [2.45, 2.75) is 47.6 Å². The van der Waals surface area contributed by atoms with Gasteiger partial charge >= 0.3 is 11.7 Å². The van der Waals surface area contributed by atoms with Crippen LogP contribution in [0.4, 0.5) is 0 Å². The molecule has 0 N–H and O–H groups in total. The zero-order chi connectivity index (χ0) is 26.0. The van der Waals surface area contributed by atoms with Gasteiger partial charge in [0.25, 0.3) is 0 Å². The molecule has 4 rings (SSSR count). The van der Waals surface area contributed by atoms with Gasteiger partial charge in [0.05, 0.1) is 18.0 Å². The highest BCUT2D eigenvalue weighted by Crippen LogP contribution is 2.31. The summed E-state index contributed by atoms with van der Waals surface area (Å²) in [6, 6.07) is 5.85. The number of rotatable bonds is 8. The minimum atomic E-state index is -0.367. The molecule has 0 aliphatic heterocycles. The fraction of sp³-hybridized carbons (Fsp3) is 0.423. The second-order valence-corrected chi connectivity index (χ2v) is 8.87. The van der Waals surface area contributed by atoms with Crippen LogP contribution in [0.2, 0.25) is 0 Å². The van der Waals surface area contributed by atoms with Crippen LogP contribution in [0, 0.1) is 19.8 Å². The monoisotopic (exact) mass is 492 g/mol. The number of benzene rings is 1. The second kappa shape index (κ2) is 10.3. The van der Waals surface area contributed by atoms with Gasteiger partial charge in [0.1, 0.15) is 18.1 Å². The Balaban J connectivity index is 1.61. The van der Waals surface area contributed by atoms with Gasteiger partial charge in [0.15, 0.2) is 0 Å². The van der Waals surface area contributed by atoms with Crippen LogP contribution in [0.1, 0.15) is 48.8 Å². The number of nitrogens with zero attached hydrogens (tertiary/aromatic N) is 6. The van der Waals surface area contributed by atoms with Crippen molar-refractivity contribution < 1.29 is 14.3 Å². The van der Waals surface area contributed by atoms with Gasteiger partial charge in [0.2, 0.25) is 0 Å². The summed E-state index contributed by atoms with van der Waals surface area (Å²) < 4.78 is 15.7. The molecule has 1 atom stereocenters. The van der Waals surface area contributed by atoms with Gasteiger partial charge in [-0.15, -0.1) is 0 Å². The van der Waals surface area contributed by atoms with Gasteiger partial charge in [-0.2, -0.15) is 14.5 Å². The number of esters is 1. The van der Waals surface area contributed by atoms with Crippen LogP contribution in [-0.4, -0.2) is 48.8 Å². The first-order chi connectivity index (χ1) is 17.3. The minimum absolute atomic E-state index is 0.108. The zero-order valence-electron chi connectivity index (χ0n) is 21.6. The predicted molar refractivity (Wildman–Crippen MR) is 136 cm³/mol. The topological polar surface area (TPSA) is 106 Å². The summed E-state index contributed by atoms with van der Waals surface area (Å²) in [5.41, 5.74) is 5.24. The van der Waals surface area contributed by atoms with Crippen LogP contribution in [0.15, 0.2) is 40.7 Å². The quantitative estimate of drug-likeness (QED) is 0.443. The highest BCUT2D eigenvalue weighted by Gasteiger charge is 2.24. The molecular formula is C26H32N6O4. The van der Waals surface area contributed by atoms with Crippen LogP contribution in [0.25, 0.3) is 17.0 Å². The molecule has 3 aromatic rings. The lowest BCUT2D eigenvalue weighted by Gasteiger charge is -2.21. The van der Waals surface area contributed by atoms with E-state index in [1.165, 1.54) is 9.36 Å². The van der Waals surface area contributed by atoms with E-state index in [1.54, 1.807) is 18.7 Å². The standard InChI is InChI=1S/C26H32N6O4/c1-7-31-24(25(33)35-8-2)18(5)22(27-31)19-12-13-21(17(4)14-19)36-15-20-11-9-10-16(3)23(20)32-26(34)30(6)28-29-32/h9,11-14,16H,7-8,10,15H2,1-6H3. The summed E-state index contributed by atoms with van der Waals surface area (Å²) in [5.74, 6) is 0.465. The lowest BCUT2D eigenvalue weighted by atomic mass is 9.94. The van der Waals surface area contributed by atoms with Crippen molar-refractivity contribution in [1.29, 1.82) is 0 Å². The van der Waals surface area contributed by atoms with E-state index in [0.717, 1.165) is 45.8 Å². The molecule has 0 saturated heterocycles. The molecule has 0 spiro atoms. The molecule has 1 aromatic carbocycles. The van der Waals surface area contributed by atoms with E-state index in [-0.39, 0.29) is 24.2 Å². The summed E-state index contributed by atoms with van der Waals surface area (Å²) in [4.78, 5) is 25.0. The Morgan fingerprint density at radius 3 is 2.61 bits per heavy atom. The second-order valence-electron chi connectivity index (χ2n) is 8.87. The maximum absolute atomic E-state index is 12.5. The molecule has 2 aromatic heterocycles. The average molecular weight is 493 g/mol. The molecule has 36 heavy (non-hydrogen) atoms. The number of hydrogen-bond acceptors (Lipinski definition) is 7. The summed E-state index contributed by atoms with van der Waals surface area (Å²) in [6.45, 7) is 10.8. The maximum atomic E-state index is 12.5.